The van der Waals surface area contributed by atoms with Crippen molar-refractivity contribution in [3.8, 4) is 0 Å². The number of hydrogen-bond donors (Lipinski definition) is 1. The third kappa shape index (κ3) is 3.66. The van der Waals surface area contributed by atoms with E-state index in [1.165, 1.54) is 18.9 Å². The summed E-state index contributed by atoms with van der Waals surface area (Å²) in [6, 6.07) is 3.29. The smallest absolute Gasteiger partial charge is 0.142 e. The number of hydrogen-bond acceptors (Lipinski definition) is 1. The Hall–Kier alpha value is -0.310. The third-order valence-electron chi connectivity index (χ3n) is 4.34. The first-order valence-electron chi connectivity index (χ1n) is 7.19. The zero-order chi connectivity index (χ0) is 14.9. The largest absolute Gasteiger partial charge is 0.307 e. The second-order valence-electron chi connectivity index (χ2n) is 6.58. The van der Waals surface area contributed by atoms with Crippen molar-refractivity contribution in [2.75, 3.05) is 0 Å². The molecule has 1 aromatic rings. The topological polar surface area (TPSA) is 12.0 Å². The number of nitrogens with one attached hydrogen (secondary N) is 1. The fourth-order valence-corrected chi connectivity index (χ4v) is 3.64. The standard InChI is InChI=1S/C16H22Cl2FN/c1-10(14-12(17)4-5-13(19)15(14)18)20-11-6-8-16(2,3)9-7-11/h4-5,10-11,20H,6-9H2,1-3H3. The van der Waals surface area contributed by atoms with Crippen LogP contribution in [0, 0.1) is 11.2 Å². The minimum atomic E-state index is -0.413. The Morgan fingerprint density at radius 3 is 2.45 bits per heavy atom. The highest BCUT2D eigenvalue weighted by Crippen LogP contribution is 2.37. The van der Waals surface area contributed by atoms with Gasteiger partial charge in [-0.05, 0) is 50.2 Å². The first-order valence-corrected chi connectivity index (χ1v) is 7.95. The fourth-order valence-electron chi connectivity index (χ4n) is 2.94. The summed E-state index contributed by atoms with van der Waals surface area (Å²) in [5.41, 5.74) is 1.11. The van der Waals surface area contributed by atoms with Crippen LogP contribution in [0.15, 0.2) is 12.1 Å². The highest BCUT2D eigenvalue weighted by atomic mass is 35.5. The SMILES string of the molecule is CC(NC1CCC(C)(C)CC1)c1c(Cl)ccc(F)c1Cl. The summed E-state index contributed by atoms with van der Waals surface area (Å²) in [6.07, 6.45) is 4.70. The molecule has 1 aliphatic carbocycles. The van der Waals surface area contributed by atoms with E-state index in [2.05, 4.69) is 19.2 Å². The quantitative estimate of drug-likeness (QED) is 0.700. The lowest BCUT2D eigenvalue weighted by Crippen LogP contribution is -2.37. The van der Waals surface area contributed by atoms with Crippen LogP contribution >= 0.6 is 23.2 Å². The van der Waals surface area contributed by atoms with Gasteiger partial charge in [0.25, 0.3) is 0 Å². The van der Waals surface area contributed by atoms with Gasteiger partial charge in [-0.3, -0.25) is 0 Å². The lowest BCUT2D eigenvalue weighted by atomic mass is 9.75. The molecule has 1 atom stereocenters. The molecule has 1 unspecified atom stereocenters. The summed E-state index contributed by atoms with van der Waals surface area (Å²) >= 11 is 12.2. The molecule has 1 fully saturated rings. The van der Waals surface area contributed by atoms with Crippen molar-refractivity contribution in [3.05, 3.63) is 33.6 Å². The van der Waals surface area contributed by atoms with E-state index in [0.29, 0.717) is 22.0 Å². The van der Waals surface area contributed by atoms with Gasteiger partial charge in [-0.1, -0.05) is 37.0 Å². The summed E-state index contributed by atoms with van der Waals surface area (Å²) in [4.78, 5) is 0. The Labute approximate surface area is 130 Å². The molecule has 2 rings (SSSR count). The molecule has 0 radical (unpaired) electrons. The summed E-state index contributed by atoms with van der Waals surface area (Å²) in [5, 5.41) is 4.20. The molecule has 0 amide bonds. The fraction of sp³-hybridized carbons (Fsp3) is 0.625. The van der Waals surface area contributed by atoms with E-state index in [0.717, 1.165) is 12.8 Å². The van der Waals surface area contributed by atoms with Crippen LogP contribution in [0.25, 0.3) is 0 Å². The second kappa shape index (κ2) is 6.21. The van der Waals surface area contributed by atoms with Gasteiger partial charge in [0, 0.05) is 22.7 Å². The van der Waals surface area contributed by atoms with E-state index in [9.17, 15) is 4.39 Å². The molecular weight excluding hydrogens is 296 g/mol. The molecule has 0 bridgehead atoms. The summed E-state index contributed by atoms with van der Waals surface area (Å²) < 4.78 is 13.6. The van der Waals surface area contributed by atoms with E-state index in [4.69, 9.17) is 23.2 Å². The van der Waals surface area contributed by atoms with Crippen LogP contribution < -0.4 is 5.32 Å². The average molecular weight is 318 g/mol. The van der Waals surface area contributed by atoms with Crippen molar-refractivity contribution in [1.82, 2.24) is 5.32 Å². The van der Waals surface area contributed by atoms with E-state index in [-0.39, 0.29) is 11.1 Å². The molecule has 1 saturated carbocycles. The maximum Gasteiger partial charge on any atom is 0.142 e. The van der Waals surface area contributed by atoms with E-state index < -0.39 is 5.82 Å². The Morgan fingerprint density at radius 1 is 1.25 bits per heavy atom. The van der Waals surface area contributed by atoms with Gasteiger partial charge in [-0.25, -0.2) is 4.39 Å². The van der Waals surface area contributed by atoms with Gasteiger partial charge in [0.2, 0.25) is 0 Å². The molecule has 1 N–H and O–H groups in total. The van der Waals surface area contributed by atoms with Crippen LogP contribution in [0.3, 0.4) is 0 Å². The third-order valence-corrected chi connectivity index (χ3v) is 5.05. The molecule has 0 spiro atoms. The van der Waals surface area contributed by atoms with Crippen LogP contribution in [0.4, 0.5) is 4.39 Å². The minimum absolute atomic E-state index is 0.0445. The van der Waals surface area contributed by atoms with Crippen LogP contribution in [-0.4, -0.2) is 6.04 Å². The lowest BCUT2D eigenvalue weighted by Gasteiger charge is -2.36. The van der Waals surface area contributed by atoms with Gasteiger partial charge >= 0.3 is 0 Å². The highest BCUT2D eigenvalue weighted by molar-refractivity contribution is 6.36. The van der Waals surface area contributed by atoms with Crippen LogP contribution in [-0.2, 0) is 0 Å². The lowest BCUT2D eigenvalue weighted by molar-refractivity contribution is 0.200. The van der Waals surface area contributed by atoms with Crippen LogP contribution in [0.1, 0.15) is 58.1 Å². The van der Waals surface area contributed by atoms with Crippen molar-refractivity contribution >= 4 is 23.2 Å². The van der Waals surface area contributed by atoms with Crippen LogP contribution in [0.5, 0.6) is 0 Å². The Kier molecular flexibility index (Phi) is 4.99. The molecule has 1 aliphatic rings. The van der Waals surface area contributed by atoms with Crippen molar-refractivity contribution in [1.29, 1.82) is 0 Å². The molecule has 4 heteroatoms. The van der Waals surface area contributed by atoms with E-state index in [1.807, 2.05) is 6.92 Å². The maximum absolute atomic E-state index is 13.6. The van der Waals surface area contributed by atoms with Gasteiger partial charge in [0.05, 0.1) is 5.02 Å². The van der Waals surface area contributed by atoms with Crippen molar-refractivity contribution in [2.24, 2.45) is 5.41 Å². The molecule has 0 aliphatic heterocycles. The molecule has 0 aromatic heterocycles. The molecule has 0 saturated heterocycles. The van der Waals surface area contributed by atoms with E-state index in [1.54, 1.807) is 6.07 Å². The first-order chi connectivity index (χ1) is 9.30. The molecule has 0 heterocycles. The normalized spacial score (nSPS) is 20.9. The van der Waals surface area contributed by atoms with Crippen molar-refractivity contribution in [3.63, 3.8) is 0 Å². The van der Waals surface area contributed by atoms with Crippen LogP contribution in [0.2, 0.25) is 10.0 Å². The summed E-state index contributed by atoms with van der Waals surface area (Å²) in [5.74, 6) is -0.413. The highest BCUT2D eigenvalue weighted by Gasteiger charge is 2.28. The van der Waals surface area contributed by atoms with Gasteiger partial charge in [0.1, 0.15) is 5.82 Å². The Morgan fingerprint density at radius 2 is 1.85 bits per heavy atom. The molecule has 1 nitrogen and oxygen atoms in total. The maximum atomic E-state index is 13.6. The molecular formula is C16H22Cl2FN. The molecule has 1 aromatic carbocycles. The van der Waals surface area contributed by atoms with Crippen molar-refractivity contribution in [2.45, 2.75) is 58.5 Å². The molecule has 112 valence electrons. The summed E-state index contributed by atoms with van der Waals surface area (Å²) in [7, 11) is 0. The van der Waals surface area contributed by atoms with E-state index >= 15 is 0 Å². The Bertz CT molecular complexity index is 478. The van der Waals surface area contributed by atoms with Gasteiger partial charge in [-0.2, -0.15) is 0 Å². The average Bonchev–Trinajstić information content (AvgIpc) is 2.37. The van der Waals surface area contributed by atoms with Crippen molar-refractivity contribution < 1.29 is 4.39 Å². The summed E-state index contributed by atoms with van der Waals surface area (Å²) in [6.45, 7) is 6.62. The molecule has 20 heavy (non-hydrogen) atoms. The first kappa shape index (κ1) is 16.1. The van der Waals surface area contributed by atoms with Gasteiger partial charge < -0.3 is 5.32 Å². The predicted octanol–water partition coefficient (Wildman–Crippen LogP) is 5.75. The van der Waals surface area contributed by atoms with Gasteiger partial charge in [-0.15, -0.1) is 0 Å². The minimum Gasteiger partial charge on any atom is -0.307 e. The van der Waals surface area contributed by atoms with Gasteiger partial charge in [0.15, 0.2) is 0 Å². The number of benzene rings is 1. The predicted molar refractivity (Wildman–Crippen MR) is 84.0 cm³/mol. The number of halogens is 3. The zero-order valence-electron chi connectivity index (χ0n) is 12.3. The second-order valence-corrected chi connectivity index (χ2v) is 7.37. The monoisotopic (exact) mass is 317 g/mol. The number of rotatable bonds is 3. The Balaban J connectivity index is 2.06. The zero-order valence-corrected chi connectivity index (χ0v) is 13.8.